The van der Waals surface area contributed by atoms with Gasteiger partial charge in [-0.3, -0.25) is 0 Å². The van der Waals surface area contributed by atoms with E-state index in [4.69, 9.17) is 10.2 Å². The number of aliphatic hydroxyl groups excluding tert-OH is 3. The third-order valence-corrected chi connectivity index (χ3v) is 2.48. The van der Waals surface area contributed by atoms with Gasteiger partial charge in [0.05, 0.1) is 6.10 Å². The number of hydrogen-bond donors (Lipinski definition) is 6. The van der Waals surface area contributed by atoms with E-state index in [1.54, 1.807) is 0 Å². The molecule has 100 valence electrons. The van der Waals surface area contributed by atoms with Gasteiger partial charge in [-0.2, -0.15) is 0 Å². The molecule has 0 radical (unpaired) electrons. The van der Waals surface area contributed by atoms with Gasteiger partial charge in [0.2, 0.25) is 0 Å². The molecule has 0 saturated carbocycles. The number of carboxylic acids is 1. The van der Waals surface area contributed by atoms with E-state index in [-0.39, 0.29) is 18.6 Å². The van der Waals surface area contributed by atoms with Gasteiger partial charge in [0.1, 0.15) is 23.2 Å². The van der Waals surface area contributed by atoms with E-state index in [1.807, 2.05) is 0 Å². The van der Waals surface area contributed by atoms with Crippen LogP contribution in [-0.4, -0.2) is 49.3 Å². The molecule has 0 heterocycles. The van der Waals surface area contributed by atoms with Crippen molar-refractivity contribution in [1.29, 1.82) is 0 Å². The molecule has 0 bridgehead atoms. The zero-order valence-corrected chi connectivity index (χ0v) is 9.32. The van der Waals surface area contributed by atoms with E-state index in [0.717, 1.165) is 12.1 Å². The first-order valence-electron chi connectivity index (χ1n) is 5.14. The second-order valence-electron chi connectivity index (χ2n) is 3.76. The summed E-state index contributed by atoms with van der Waals surface area (Å²) in [5.41, 5.74) is -0.732. The Morgan fingerprint density at radius 1 is 1.17 bits per heavy atom. The van der Waals surface area contributed by atoms with Crippen LogP contribution < -0.4 is 0 Å². The minimum absolute atomic E-state index is 0.135. The SMILES string of the molecule is O=C(O)c1cc(C(O)C(O)CCO)c(O)cc1O. The summed E-state index contributed by atoms with van der Waals surface area (Å²) in [4.78, 5) is 10.8. The Bertz CT molecular complexity index is 443. The van der Waals surface area contributed by atoms with Crippen LogP contribution in [0.25, 0.3) is 0 Å². The lowest BCUT2D eigenvalue weighted by Gasteiger charge is -2.19. The van der Waals surface area contributed by atoms with E-state index in [9.17, 15) is 25.2 Å². The summed E-state index contributed by atoms with van der Waals surface area (Å²) in [6.45, 7) is -0.372. The Morgan fingerprint density at radius 3 is 2.28 bits per heavy atom. The molecule has 2 unspecified atom stereocenters. The molecule has 6 N–H and O–H groups in total. The van der Waals surface area contributed by atoms with Gasteiger partial charge in [-0.1, -0.05) is 0 Å². The Balaban J connectivity index is 3.15. The van der Waals surface area contributed by atoms with E-state index >= 15 is 0 Å². The molecule has 2 atom stereocenters. The second kappa shape index (κ2) is 5.67. The molecule has 7 heteroatoms. The van der Waals surface area contributed by atoms with Crippen LogP contribution in [0.4, 0.5) is 0 Å². The molecule has 18 heavy (non-hydrogen) atoms. The van der Waals surface area contributed by atoms with E-state index in [0.29, 0.717) is 0 Å². The van der Waals surface area contributed by atoms with Crippen molar-refractivity contribution in [3.05, 3.63) is 23.3 Å². The molecule has 0 fully saturated rings. The number of phenols is 2. The number of benzene rings is 1. The molecule has 0 spiro atoms. The molecule has 1 aromatic rings. The highest BCUT2D eigenvalue weighted by Crippen LogP contribution is 2.33. The zero-order chi connectivity index (χ0) is 13.9. The maximum atomic E-state index is 10.8. The van der Waals surface area contributed by atoms with Crippen LogP contribution in [0.3, 0.4) is 0 Å². The van der Waals surface area contributed by atoms with Crippen molar-refractivity contribution < 1.29 is 35.4 Å². The van der Waals surface area contributed by atoms with Gasteiger partial charge in [0.25, 0.3) is 0 Å². The maximum Gasteiger partial charge on any atom is 0.339 e. The lowest BCUT2D eigenvalue weighted by Crippen LogP contribution is -2.20. The number of aromatic carboxylic acids is 1. The fourth-order valence-corrected chi connectivity index (χ4v) is 1.50. The number of carboxylic acid groups (broad SMARTS) is 1. The first kappa shape index (κ1) is 14.2. The van der Waals surface area contributed by atoms with Gasteiger partial charge in [-0.25, -0.2) is 4.79 Å². The third-order valence-electron chi connectivity index (χ3n) is 2.48. The first-order valence-corrected chi connectivity index (χ1v) is 5.14. The molecule has 0 aliphatic heterocycles. The van der Waals surface area contributed by atoms with Crippen LogP contribution in [0.5, 0.6) is 11.5 Å². The molecule has 0 aliphatic carbocycles. The number of aliphatic hydroxyl groups is 3. The predicted octanol–water partition coefficient (Wildman–Crippen LogP) is -0.427. The summed E-state index contributed by atoms with van der Waals surface area (Å²) in [5.74, 6) is -2.62. The van der Waals surface area contributed by atoms with Crippen LogP contribution in [0.1, 0.15) is 28.4 Å². The van der Waals surface area contributed by atoms with Gasteiger partial charge in [-0.05, 0) is 12.5 Å². The molecule has 0 aromatic heterocycles. The molecule has 7 nitrogen and oxygen atoms in total. The van der Waals surface area contributed by atoms with Crippen LogP contribution in [-0.2, 0) is 0 Å². The second-order valence-corrected chi connectivity index (χ2v) is 3.76. The molecule has 1 aromatic carbocycles. The average molecular weight is 258 g/mol. The summed E-state index contributed by atoms with van der Waals surface area (Å²) in [6, 6.07) is 1.64. The lowest BCUT2D eigenvalue weighted by molar-refractivity contribution is 0.00294. The summed E-state index contributed by atoms with van der Waals surface area (Å²) in [7, 11) is 0. The van der Waals surface area contributed by atoms with Crippen LogP contribution in [0.15, 0.2) is 12.1 Å². The van der Waals surface area contributed by atoms with Crippen LogP contribution in [0, 0.1) is 0 Å². The van der Waals surface area contributed by atoms with Gasteiger partial charge < -0.3 is 30.6 Å². The molecular weight excluding hydrogens is 244 g/mol. The largest absolute Gasteiger partial charge is 0.507 e. The van der Waals surface area contributed by atoms with Gasteiger partial charge in [0.15, 0.2) is 0 Å². The standard InChI is InChI=1S/C11H14O7/c12-2-1-7(13)10(16)5-3-6(11(17)18)9(15)4-8(5)14/h3-4,7,10,12-16H,1-2H2,(H,17,18). The minimum atomic E-state index is -1.56. The highest BCUT2D eigenvalue weighted by molar-refractivity contribution is 5.91. The zero-order valence-electron chi connectivity index (χ0n) is 9.32. The average Bonchev–Trinajstić information content (AvgIpc) is 2.28. The molecule has 0 aliphatic rings. The van der Waals surface area contributed by atoms with Crippen molar-refractivity contribution in [2.45, 2.75) is 18.6 Å². The molecule has 1 rings (SSSR count). The Hall–Kier alpha value is -1.83. The maximum absolute atomic E-state index is 10.8. The van der Waals surface area contributed by atoms with Gasteiger partial charge in [-0.15, -0.1) is 0 Å². The van der Waals surface area contributed by atoms with Crippen molar-refractivity contribution in [3.8, 4) is 11.5 Å². The van der Waals surface area contributed by atoms with Crippen molar-refractivity contribution in [2.24, 2.45) is 0 Å². The van der Waals surface area contributed by atoms with Gasteiger partial charge in [0, 0.05) is 18.2 Å². The summed E-state index contributed by atoms with van der Waals surface area (Å²) < 4.78 is 0. The van der Waals surface area contributed by atoms with Crippen molar-refractivity contribution in [3.63, 3.8) is 0 Å². The third kappa shape index (κ3) is 2.89. The fourth-order valence-electron chi connectivity index (χ4n) is 1.50. The summed E-state index contributed by atoms with van der Waals surface area (Å²) in [6.07, 6.45) is -3.05. The highest BCUT2D eigenvalue weighted by atomic mass is 16.4. The fraction of sp³-hybridized carbons (Fsp3) is 0.364. The Morgan fingerprint density at radius 2 is 1.78 bits per heavy atom. The molecule has 0 amide bonds. The van der Waals surface area contributed by atoms with Crippen molar-refractivity contribution in [1.82, 2.24) is 0 Å². The van der Waals surface area contributed by atoms with Crippen molar-refractivity contribution >= 4 is 5.97 Å². The van der Waals surface area contributed by atoms with Crippen LogP contribution in [0.2, 0.25) is 0 Å². The number of hydrogen-bond acceptors (Lipinski definition) is 6. The topological polar surface area (TPSA) is 138 Å². The lowest BCUT2D eigenvalue weighted by atomic mass is 9.98. The monoisotopic (exact) mass is 258 g/mol. The Labute approximate surface area is 102 Å². The Kier molecular flexibility index (Phi) is 4.49. The van der Waals surface area contributed by atoms with Crippen molar-refractivity contribution in [2.75, 3.05) is 6.61 Å². The molecular formula is C11H14O7. The van der Waals surface area contributed by atoms with Crippen LogP contribution >= 0.6 is 0 Å². The minimum Gasteiger partial charge on any atom is -0.507 e. The molecule has 0 saturated heterocycles. The number of rotatable bonds is 5. The normalized spacial score (nSPS) is 14.2. The smallest absolute Gasteiger partial charge is 0.339 e. The number of aromatic hydroxyl groups is 2. The quantitative estimate of drug-likeness (QED) is 0.421. The number of phenolic OH excluding ortho intramolecular Hbond substituents is 1. The summed E-state index contributed by atoms with van der Waals surface area (Å²) >= 11 is 0. The van der Waals surface area contributed by atoms with E-state index in [1.165, 1.54) is 0 Å². The number of carbonyl (C=O) groups is 1. The van der Waals surface area contributed by atoms with E-state index in [2.05, 4.69) is 0 Å². The van der Waals surface area contributed by atoms with E-state index < -0.39 is 35.2 Å². The first-order chi connectivity index (χ1) is 8.38. The summed E-state index contributed by atoms with van der Waals surface area (Å²) in [5, 5.41) is 55.3. The highest BCUT2D eigenvalue weighted by Gasteiger charge is 2.24. The van der Waals surface area contributed by atoms with Gasteiger partial charge >= 0.3 is 5.97 Å². The predicted molar refractivity (Wildman–Crippen MR) is 59.4 cm³/mol.